The Hall–Kier alpha value is -1.88. The average molecular weight is 266 g/mol. The van der Waals surface area contributed by atoms with Crippen molar-refractivity contribution in [1.82, 2.24) is 14.5 Å². The first-order chi connectivity index (χ1) is 8.61. The minimum Gasteiger partial charge on any atom is -0.298 e. The average Bonchev–Trinajstić information content (AvgIpc) is 2.34. The van der Waals surface area contributed by atoms with Crippen molar-refractivity contribution in [1.29, 1.82) is 0 Å². The molecule has 0 atom stereocenters. The lowest BCUT2D eigenvalue weighted by molar-refractivity contribution is 0.678. The molecule has 0 aromatic carbocycles. The summed E-state index contributed by atoms with van der Waals surface area (Å²) in [7, 11) is 0. The van der Waals surface area contributed by atoms with Gasteiger partial charge in [0.2, 0.25) is 0 Å². The summed E-state index contributed by atoms with van der Waals surface area (Å²) < 4.78 is 1.08. The Morgan fingerprint density at radius 1 is 1.44 bits per heavy atom. The normalized spacial score (nSPS) is 10.6. The summed E-state index contributed by atoms with van der Waals surface area (Å²) in [5.41, 5.74) is 0.769. The third-order valence-electron chi connectivity index (χ3n) is 2.66. The monoisotopic (exact) mass is 265 g/mol. The number of nitrogens with zero attached hydrogens (tertiary/aromatic N) is 2. The standard InChI is InChI=1S/C12H12ClN3O2/c1-2-8-4-3-5-14-9(8)7-16-11(17)6-10(13)15-12(16)18/h3-6H,2,7H2,1H3,(H,15,18). The third kappa shape index (κ3) is 2.51. The van der Waals surface area contributed by atoms with Crippen LogP contribution in [0.1, 0.15) is 18.2 Å². The van der Waals surface area contributed by atoms with Gasteiger partial charge in [-0.2, -0.15) is 0 Å². The molecule has 0 aliphatic heterocycles. The minimum absolute atomic E-state index is 0.0398. The van der Waals surface area contributed by atoms with Crippen LogP contribution in [-0.4, -0.2) is 14.5 Å². The van der Waals surface area contributed by atoms with Gasteiger partial charge in [0.25, 0.3) is 5.56 Å². The Balaban J connectivity index is 2.47. The fourth-order valence-electron chi connectivity index (χ4n) is 1.73. The van der Waals surface area contributed by atoms with E-state index in [9.17, 15) is 9.59 Å². The molecule has 2 heterocycles. The summed E-state index contributed by atoms with van der Waals surface area (Å²) >= 11 is 5.60. The highest BCUT2D eigenvalue weighted by atomic mass is 35.5. The summed E-state index contributed by atoms with van der Waals surface area (Å²) in [6, 6.07) is 4.94. The molecule has 0 fully saturated rings. The van der Waals surface area contributed by atoms with Gasteiger partial charge in [0.05, 0.1) is 12.2 Å². The molecule has 5 nitrogen and oxygen atoms in total. The van der Waals surface area contributed by atoms with Crippen molar-refractivity contribution in [3.05, 3.63) is 61.6 Å². The van der Waals surface area contributed by atoms with E-state index in [1.165, 1.54) is 6.07 Å². The number of rotatable bonds is 3. The van der Waals surface area contributed by atoms with E-state index in [2.05, 4.69) is 9.97 Å². The van der Waals surface area contributed by atoms with Crippen LogP contribution in [0.3, 0.4) is 0 Å². The number of hydrogen-bond acceptors (Lipinski definition) is 3. The van der Waals surface area contributed by atoms with Gasteiger partial charge in [-0.25, -0.2) is 4.79 Å². The quantitative estimate of drug-likeness (QED) is 0.848. The second kappa shape index (κ2) is 5.18. The van der Waals surface area contributed by atoms with Gasteiger partial charge >= 0.3 is 5.69 Å². The number of aromatic amines is 1. The van der Waals surface area contributed by atoms with Crippen molar-refractivity contribution in [2.45, 2.75) is 19.9 Å². The second-order valence-electron chi connectivity index (χ2n) is 3.81. The summed E-state index contributed by atoms with van der Waals surface area (Å²) in [5, 5.41) is 0.0398. The maximum Gasteiger partial charge on any atom is 0.329 e. The minimum atomic E-state index is -0.528. The highest BCUT2D eigenvalue weighted by Gasteiger charge is 2.07. The Labute approximate surface area is 108 Å². The molecule has 0 amide bonds. The molecule has 0 saturated heterocycles. The summed E-state index contributed by atoms with van der Waals surface area (Å²) in [6.07, 6.45) is 2.44. The number of aryl methyl sites for hydroxylation is 1. The van der Waals surface area contributed by atoms with Crippen molar-refractivity contribution in [3.8, 4) is 0 Å². The van der Waals surface area contributed by atoms with Crippen LogP contribution in [-0.2, 0) is 13.0 Å². The molecule has 0 aliphatic carbocycles. The van der Waals surface area contributed by atoms with E-state index in [0.717, 1.165) is 22.2 Å². The van der Waals surface area contributed by atoms with Gasteiger partial charge in [-0.1, -0.05) is 24.6 Å². The molecule has 2 aromatic heterocycles. The number of hydrogen-bond donors (Lipinski definition) is 1. The van der Waals surface area contributed by atoms with Gasteiger partial charge in [-0.15, -0.1) is 0 Å². The van der Waals surface area contributed by atoms with Crippen molar-refractivity contribution in [2.75, 3.05) is 0 Å². The SMILES string of the molecule is CCc1cccnc1Cn1c(=O)cc(Cl)[nH]c1=O. The number of halogens is 1. The molecule has 2 aromatic rings. The van der Waals surface area contributed by atoms with E-state index in [0.29, 0.717) is 0 Å². The zero-order valence-corrected chi connectivity index (χ0v) is 10.6. The van der Waals surface area contributed by atoms with E-state index < -0.39 is 11.2 Å². The van der Waals surface area contributed by atoms with Crippen LogP contribution in [0.2, 0.25) is 5.15 Å². The third-order valence-corrected chi connectivity index (χ3v) is 2.86. The first-order valence-electron chi connectivity index (χ1n) is 5.54. The van der Waals surface area contributed by atoms with Crippen LogP contribution in [0.25, 0.3) is 0 Å². The van der Waals surface area contributed by atoms with E-state index in [-0.39, 0.29) is 11.7 Å². The maximum atomic E-state index is 11.7. The Morgan fingerprint density at radius 3 is 2.89 bits per heavy atom. The number of aromatic nitrogens is 3. The van der Waals surface area contributed by atoms with E-state index >= 15 is 0 Å². The van der Waals surface area contributed by atoms with Crippen LogP contribution < -0.4 is 11.2 Å². The van der Waals surface area contributed by atoms with E-state index in [1.807, 2.05) is 19.1 Å². The summed E-state index contributed by atoms with van der Waals surface area (Å²) in [6.45, 7) is 2.14. The molecule has 0 radical (unpaired) electrons. The number of H-pyrrole nitrogens is 1. The van der Waals surface area contributed by atoms with Crippen molar-refractivity contribution >= 4 is 11.6 Å². The lowest BCUT2D eigenvalue weighted by Gasteiger charge is -2.07. The van der Waals surface area contributed by atoms with Gasteiger partial charge in [-0.3, -0.25) is 19.3 Å². The zero-order chi connectivity index (χ0) is 13.1. The highest BCUT2D eigenvalue weighted by Crippen LogP contribution is 2.06. The molecule has 6 heteroatoms. The Kier molecular flexibility index (Phi) is 3.62. The first kappa shape index (κ1) is 12.6. The molecule has 0 bridgehead atoms. The zero-order valence-electron chi connectivity index (χ0n) is 9.81. The van der Waals surface area contributed by atoms with E-state index in [1.54, 1.807) is 6.20 Å². The molecule has 18 heavy (non-hydrogen) atoms. The smallest absolute Gasteiger partial charge is 0.298 e. The summed E-state index contributed by atoms with van der Waals surface area (Å²) in [4.78, 5) is 29.9. The Morgan fingerprint density at radius 2 is 2.22 bits per heavy atom. The molecule has 0 spiro atoms. The van der Waals surface area contributed by atoms with Crippen LogP contribution >= 0.6 is 11.6 Å². The maximum absolute atomic E-state index is 11.7. The highest BCUT2D eigenvalue weighted by molar-refractivity contribution is 6.29. The number of pyridine rings is 1. The van der Waals surface area contributed by atoms with Gasteiger partial charge < -0.3 is 0 Å². The molecular formula is C12H12ClN3O2. The predicted molar refractivity (Wildman–Crippen MR) is 69.0 cm³/mol. The van der Waals surface area contributed by atoms with Gasteiger partial charge in [-0.05, 0) is 18.1 Å². The second-order valence-corrected chi connectivity index (χ2v) is 4.22. The van der Waals surface area contributed by atoms with E-state index in [4.69, 9.17) is 11.6 Å². The predicted octanol–water partition coefficient (Wildman–Crippen LogP) is 1.20. The fourth-order valence-corrected chi connectivity index (χ4v) is 1.90. The first-order valence-corrected chi connectivity index (χ1v) is 5.92. The molecule has 0 saturated carbocycles. The van der Waals surface area contributed by atoms with Crippen molar-refractivity contribution < 1.29 is 0 Å². The van der Waals surface area contributed by atoms with Crippen molar-refractivity contribution in [3.63, 3.8) is 0 Å². The Bertz CT molecular complexity index is 644. The fraction of sp³-hybridized carbons (Fsp3) is 0.250. The lowest BCUT2D eigenvalue weighted by atomic mass is 10.1. The van der Waals surface area contributed by atoms with Crippen LogP contribution in [0, 0.1) is 0 Å². The van der Waals surface area contributed by atoms with Gasteiger partial charge in [0, 0.05) is 12.3 Å². The van der Waals surface area contributed by atoms with Crippen LogP contribution in [0.15, 0.2) is 34.0 Å². The van der Waals surface area contributed by atoms with Gasteiger partial charge in [0.15, 0.2) is 0 Å². The van der Waals surface area contributed by atoms with Crippen LogP contribution in [0.4, 0.5) is 0 Å². The molecule has 1 N–H and O–H groups in total. The molecule has 94 valence electrons. The molecule has 0 unspecified atom stereocenters. The van der Waals surface area contributed by atoms with Gasteiger partial charge in [0.1, 0.15) is 5.15 Å². The molecule has 2 rings (SSSR count). The van der Waals surface area contributed by atoms with Crippen molar-refractivity contribution in [2.24, 2.45) is 0 Å². The lowest BCUT2D eigenvalue weighted by Crippen LogP contribution is -2.35. The number of nitrogens with one attached hydrogen (secondary N) is 1. The molecular weight excluding hydrogens is 254 g/mol. The topological polar surface area (TPSA) is 67.8 Å². The summed E-state index contributed by atoms with van der Waals surface area (Å²) in [5.74, 6) is 0. The molecule has 0 aliphatic rings. The largest absolute Gasteiger partial charge is 0.329 e. The van der Waals surface area contributed by atoms with Crippen LogP contribution in [0.5, 0.6) is 0 Å².